The standard InChI is InChI=1S/C22H18N2O4/c1-14-11-16-12-15(7-9-18(16)27-14)22(25)24-17-8-10-21(23-13-17)28-20-6-4-3-5-19(20)26-2/h3-13H,1-2H3,(H,24,25). The first-order valence-corrected chi connectivity index (χ1v) is 8.71. The zero-order chi connectivity index (χ0) is 19.5. The molecule has 1 N–H and O–H groups in total. The average Bonchev–Trinajstić information content (AvgIpc) is 3.09. The number of rotatable bonds is 5. The number of methoxy groups -OCH3 is 1. The summed E-state index contributed by atoms with van der Waals surface area (Å²) < 4.78 is 16.5. The van der Waals surface area contributed by atoms with Crippen LogP contribution >= 0.6 is 0 Å². The van der Waals surface area contributed by atoms with Crippen molar-refractivity contribution in [2.75, 3.05) is 12.4 Å². The summed E-state index contributed by atoms with van der Waals surface area (Å²) in [6.45, 7) is 1.88. The maximum Gasteiger partial charge on any atom is 0.255 e. The topological polar surface area (TPSA) is 73.6 Å². The fourth-order valence-electron chi connectivity index (χ4n) is 2.85. The number of carbonyl (C=O) groups excluding carboxylic acids is 1. The number of pyridine rings is 1. The predicted molar refractivity (Wildman–Crippen MR) is 106 cm³/mol. The summed E-state index contributed by atoms with van der Waals surface area (Å²) in [5.74, 6) is 2.17. The number of aryl methyl sites for hydroxylation is 1. The van der Waals surface area contributed by atoms with E-state index in [1.165, 1.54) is 0 Å². The molecule has 0 saturated heterocycles. The van der Waals surface area contributed by atoms with Gasteiger partial charge in [-0.05, 0) is 49.4 Å². The molecule has 6 nitrogen and oxygen atoms in total. The number of nitrogens with one attached hydrogen (secondary N) is 1. The molecular formula is C22H18N2O4. The van der Waals surface area contributed by atoms with Crippen molar-refractivity contribution in [3.8, 4) is 17.4 Å². The molecule has 0 aliphatic heterocycles. The zero-order valence-electron chi connectivity index (χ0n) is 15.4. The molecule has 0 radical (unpaired) electrons. The first-order chi connectivity index (χ1) is 13.6. The van der Waals surface area contributed by atoms with Crippen LogP contribution in [0.1, 0.15) is 16.1 Å². The molecule has 0 aliphatic carbocycles. The molecule has 0 fully saturated rings. The normalized spacial score (nSPS) is 10.6. The summed E-state index contributed by atoms with van der Waals surface area (Å²) in [6.07, 6.45) is 1.54. The van der Waals surface area contributed by atoms with Gasteiger partial charge < -0.3 is 19.2 Å². The van der Waals surface area contributed by atoms with E-state index in [4.69, 9.17) is 13.9 Å². The number of nitrogens with zero attached hydrogens (tertiary/aromatic N) is 1. The smallest absolute Gasteiger partial charge is 0.255 e. The molecular weight excluding hydrogens is 356 g/mol. The molecule has 0 aliphatic rings. The monoisotopic (exact) mass is 374 g/mol. The largest absolute Gasteiger partial charge is 0.493 e. The van der Waals surface area contributed by atoms with Gasteiger partial charge in [-0.2, -0.15) is 0 Å². The second kappa shape index (κ2) is 7.44. The van der Waals surface area contributed by atoms with E-state index < -0.39 is 0 Å². The highest BCUT2D eigenvalue weighted by molar-refractivity contribution is 6.06. The maximum absolute atomic E-state index is 12.5. The van der Waals surface area contributed by atoms with Crippen LogP contribution in [0.3, 0.4) is 0 Å². The summed E-state index contributed by atoms with van der Waals surface area (Å²) in [7, 11) is 1.58. The Morgan fingerprint density at radius 2 is 1.86 bits per heavy atom. The second-order valence-corrected chi connectivity index (χ2v) is 6.20. The Kier molecular flexibility index (Phi) is 4.68. The van der Waals surface area contributed by atoms with Gasteiger partial charge in [-0.25, -0.2) is 4.98 Å². The quantitative estimate of drug-likeness (QED) is 0.520. The number of furan rings is 1. The Labute approximate surface area is 161 Å². The number of hydrogen-bond donors (Lipinski definition) is 1. The molecule has 1 amide bonds. The number of carbonyl (C=O) groups is 1. The van der Waals surface area contributed by atoms with Crippen LogP contribution < -0.4 is 14.8 Å². The van der Waals surface area contributed by atoms with Crippen LogP contribution in [0.5, 0.6) is 17.4 Å². The van der Waals surface area contributed by atoms with E-state index in [1.54, 1.807) is 49.7 Å². The van der Waals surface area contributed by atoms with Gasteiger partial charge in [0.05, 0.1) is 19.0 Å². The second-order valence-electron chi connectivity index (χ2n) is 6.20. The highest BCUT2D eigenvalue weighted by atomic mass is 16.5. The van der Waals surface area contributed by atoms with Gasteiger partial charge in [0.15, 0.2) is 11.5 Å². The molecule has 6 heteroatoms. The van der Waals surface area contributed by atoms with Crippen LogP contribution in [-0.2, 0) is 0 Å². The molecule has 2 heterocycles. The molecule has 2 aromatic heterocycles. The number of aromatic nitrogens is 1. The molecule has 0 spiro atoms. The highest BCUT2D eigenvalue weighted by Crippen LogP contribution is 2.30. The molecule has 28 heavy (non-hydrogen) atoms. The van der Waals surface area contributed by atoms with Crippen LogP contribution in [0.4, 0.5) is 5.69 Å². The maximum atomic E-state index is 12.5. The van der Waals surface area contributed by atoms with Crippen molar-refractivity contribution in [1.82, 2.24) is 4.98 Å². The molecule has 0 saturated carbocycles. The predicted octanol–water partition coefficient (Wildman–Crippen LogP) is 5.19. The Hall–Kier alpha value is -3.80. The van der Waals surface area contributed by atoms with Crippen LogP contribution in [-0.4, -0.2) is 18.0 Å². The molecule has 4 aromatic rings. The summed E-state index contributed by atoms with van der Waals surface area (Å²) in [5, 5.41) is 3.72. The van der Waals surface area contributed by atoms with E-state index in [1.807, 2.05) is 31.2 Å². The number of para-hydroxylation sites is 2. The number of ether oxygens (including phenoxy) is 2. The number of amides is 1. The van der Waals surface area contributed by atoms with Gasteiger partial charge in [-0.3, -0.25) is 4.79 Å². The van der Waals surface area contributed by atoms with Crippen LogP contribution in [0.2, 0.25) is 0 Å². The summed E-state index contributed by atoms with van der Waals surface area (Å²) in [6, 6.07) is 18.0. The van der Waals surface area contributed by atoms with E-state index in [9.17, 15) is 4.79 Å². The lowest BCUT2D eigenvalue weighted by Crippen LogP contribution is -2.11. The van der Waals surface area contributed by atoms with Gasteiger partial charge in [0.1, 0.15) is 11.3 Å². The number of anilines is 1. The van der Waals surface area contributed by atoms with Crippen molar-refractivity contribution in [3.05, 3.63) is 78.2 Å². The third-order valence-corrected chi connectivity index (χ3v) is 4.18. The molecule has 140 valence electrons. The lowest BCUT2D eigenvalue weighted by Gasteiger charge is -2.10. The fourth-order valence-corrected chi connectivity index (χ4v) is 2.85. The van der Waals surface area contributed by atoms with Gasteiger partial charge in [0, 0.05) is 17.0 Å². The lowest BCUT2D eigenvalue weighted by molar-refractivity contribution is 0.102. The zero-order valence-corrected chi connectivity index (χ0v) is 15.4. The van der Waals surface area contributed by atoms with Gasteiger partial charge in [0.2, 0.25) is 5.88 Å². The summed E-state index contributed by atoms with van der Waals surface area (Å²) in [4.78, 5) is 16.7. The Bertz CT molecular complexity index is 1130. The number of fused-ring (bicyclic) bond motifs is 1. The van der Waals surface area contributed by atoms with E-state index in [0.29, 0.717) is 28.6 Å². The molecule has 2 aromatic carbocycles. The van der Waals surface area contributed by atoms with Crippen LogP contribution in [0, 0.1) is 6.92 Å². The van der Waals surface area contributed by atoms with Crippen molar-refractivity contribution in [3.63, 3.8) is 0 Å². The molecule has 0 bridgehead atoms. The van der Waals surface area contributed by atoms with E-state index in [-0.39, 0.29) is 5.91 Å². The van der Waals surface area contributed by atoms with Crippen molar-refractivity contribution >= 4 is 22.6 Å². The molecule has 0 atom stereocenters. The van der Waals surface area contributed by atoms with E-state index in [0.717, 1.165) is 16.7 Å². The number of benzene rings is 2. The Balaban J connectivity index is 1.46. The van der Waals surface area contributed by atoms with Crippen LogP contribution in [0.25, 0.3) is 11.0 Å². The van der Waals surface area contributed by atoms with E-state index in [2.05, 4.69) is 10.3 Å². The molecule has 4 rings (SSSR count). The third kappa shape index (κ3) is 3.66. The van der Waals surface area contributed by atoms with Crippen LogP contribution in [0.15, 0.2) is 71.3 Å². The minimum absolute atomic E-state index is 0.221. The van der Waals surface area contributed by atoms with Gasteiger partial charge in [0.25, 0.3) is 5.91 Å². The van der Waals surface area contributed by atoms with E-state index >= 15 is 0 Å². The van der Waals surface area contributed by atoms with Crippen molar-refractivity contribution in [2.24, 2.45) is 0 Å². The average molecular weight is 374 g/mol. The molecule has 0 unspecified atom stereocenters. The Morgan fingerprint density at radius 1 is 1.04 bits per heavy atom. The minimum atomic E-state index is -0.221. The fraction of sp³-hybridized carbons (Fsp3) is 0.0909. The van der Waals surface area contributed by atoms with Crippen molar-refractivity contribution in [2.45, 2.75) is 6.92 Å². The minimum Gasteiger partial charge on any atom is -0.493 e. The summed E-state index contributed by atoms with van der Waals surface area (Å²) in [5.41, 5.74) is 1.87. The summed E-state index contributed by atoms with van der Waals surface area (Å²) >= 11 is 0. The van der Waals surface area contributed by atoms with Crippen molar-refractivity contribution < 1.29 is 18.7 Å². The van der Waals surface area contributed by atoms with Gasteiger partial charge >= 0.3 is 0 Å². The SMILES string of the molecule is COc1ccccc1Oc1ccc(NC(=O)c2ccc3oc(C)cc3c2)cn1. The third-order valence-electron chi connectivity index (χ3n) is 4.18. The lowest BCUT2D eigenvalue weighted by atomic mass is 10.1. The van der Waals surface area contributed by atoms with Gasteiger partial charge in [-0.15, -0.1) is 0 Å². The van der Waals surface area contributed by atoms with Crippen molar-refractivity contribution in [1.29, 1.82) is 0 Å². The van der Waals surface area contributed by atoms with Gasteiger partial charge in [-0.1, -0.05) is 12.1 Å². The number of hydrogen-bond acceptors (Lipinski definition) is 5. The Morgan fingerprint density at radius 3 is 2.61 bits per heavy atom. The first-order valence-electron chi connectivity index (χ1n) is 8.71. The first kappa shape index (κ1) is 17.6. The highest BCUT2D eigenvalue weighted by Gasteiger charge is 2.10.